The zero-order chi connectivity index (χ0) is 14.7. The third-order valence-electron chi connectivity index (χ3n) is 4.16. The Bertz CT molecular complexity index is 621. The molecule has 2 aromatic rings. The van der Waals surface area contributed by atoms with E-state index in [0.29, 0.717) is 11.6 Å². The number of carbonyl (C=O) groups is 1. The van der Waals surface area contributed by atoms with Crippen LogP contribution >= 0.6 is 15.9 Å². The summed E-state index contributed by atoms with van der Waals surface area (Å²) < 4.78 is 1.70. The smallest absolute Gasteiger partial charge is 0.258 e. The van der Waals surface area contributed by atoms with Crippen molar-refractivity contribution >= 4 is 27.4 Å². The molecule has 1 saturated carbocycles. The average molecular weight is 351 g/mol. The second-order valence-electron chi connectivity index (χ2n) is 5.44. The van der Waals surface area contributed by atoms with Crippen molar-refractivity contribution in [3.8, 4) is 0 Å². The number of amides is 1. The van der Waals surface area contributed by atoms with Crippen LogP contribution in [0.2, 0.25) is 0 Å². The van der Waals surface area contributed by atoms with E-state index < -0.39 is 0 Å². The number of rotatable bonds is 4. The fraction of sp³-hybridized carbons (Fsp3) is 0.533. The number of fused-ring (bicyclic) bond motifs is 1. The van der Waals surface area contributed by atoms with Gasteiger partial charge in [-0.3, -0.25) is 9.78 Å². The molecule has 0 aromatic carbocycles. The Morgan fingerprint density at radius 3 is 2.90 bits per heavy atom. The summed E-state index contributed by atoms with van der Waals surface area (Å²) in [5, 5.41) is 5.04. The summed E-state index contributed by atoms with van der Waals surface area (Å²) in [6.45, 7) is 0.737. The van der Waals surface area contributed by atoms with E-state index >= 15 is 0 Å². The van der Waals surface area contributed by atoms with Crippen LogP contribution in [0, 0.1) is 0 Å². The summed E-state index contributed by atoms with van der Waals surface area (Å²) in [4.78, 5) is 19.1. The third-order valence-corrected chi connectivity index (χ3v) is 4.51. The van der Waals surface area contributed by atoms with E-state index in [9.17, 15) is 4.79 Å². The molecule has 1 aliphatic carbocycles. The minimum absolute atomic E-state index is 0.0735. The fourth-order valence-electron chi connectivity index (χ4n) is 3.09. The van der Waals surface area contributed by atoms with E-state index in [-0.39, 0.29) is 5.91 Å². The van der Waals surface area contributed by atoms with Crippen molar-refractivity contribution in [2.24, 2.45) is 0 Å². The third kappa shape index (κ3) is 2.95. The van der Waals surface area contributed by atoms with E-state index in [1.54, 1.807) is 29.3 Å². The number of nitrogens with zero attached hydrogens (tertiary/aromatic N) is 4. The molecule has 0 saturated heterocycles. The summed E-state index contributed by atoms with van der Waals surface area (Å²) in [6.07, 6.45) is 12.7. The first kappa shape index (κ1) is 14.5. The van der Waals surface area contributed by atoms with Gasteiger partial charge in [-0.2, -0.15) is 5.10 Å². The maximum Gasteiger partial charge on any atom is 0.258 e. The van der Waals surface area contributed by atoms with Gasteiger partial charge in [-0.15, -0.1) is 0 Å². The number of hydrogen-bond donors (Lipinski definition) is 0. The van der Waals surface area contributed by atoms with Crippen LogP contribution in [0.15, 0.2) is 24.8 Å². The van der Waals surface area contributed by atoms with E-state index in [0.717, 1.165) is 30.2 Å². The Hall–Kier alpha value is -1.43. The largest absolute Gasteiger partial charge is 0.335 e. The lowest BCUT2D eigenvalue weighted by molar-refractivity contribution is 0.0653. The normalized spacial score (nSPS) is 16.2. The summed E-state index contributed by atoms with van der Waals surface area (Å²) >= 11 is 3.47. The number of alkyl halides is 1. The predicted octanol–water partition coefficient (Wildman–Crippen LogP) is 2.90. The molecule has 1 aliphatic rings. The number of carbonyl (C=O) groups excluding carboxylic acids is 1. The summed E-state index contributed by atoms with van der Waals surface area (Å²) in [5.74, 6) is 0.0735. The van der Waals surface area contributed by atoms with Gasteiger partial charge in [-0.05, 0) is 12.8 Å². The van der Waals surface area contributed by atoms with Gasteiger partial charge in [-0.25, -0.2) is 4.52 Å². The van der Waals surface area contributed by atoms with Crippen molar-refractivity contribution in [1.82, 2.24) is 19.5 Å². The highest BCUT2D eigenvalue weighted by Gasteiger charge is 2.27. The van der Waals surface area contributed by atoms with Crippen LogP contribution in [0.4, 0.5) is 0 Å². The zero-order valence-corrected chi connectivity index (χ0v) is 13.5. The van der Waals surface area contributed by atoms with Crippen LogP contribution in [0.3, 0.4) is 0 Å². The number of hydrogen-bond acceptors (Lipinski definition) is 3. The lowest BCUT2D eigenvalue weighted by atomic mass is 9.94. The first-order valence-corrected chi connectivity index (χ1v) is 8.57. The minimum atomic E-state index is 0.0735. The van der Waals surface area contributed by atoms with Gasteiger partial charge in [0.05, 0.1) is 23.5 Å². The van der Waals surface area contributed by atoms with Crippen molar-refractivity contribution in [2.75, 3.05) is 11.9 Å². The highest BCUT2D eigenvalue weighted by molar-refractivity contribution is 9.09. The number of aromatic nitrogens is 3. The molecular formula is C15H19BrN4O. The van der Waals surface area contributed by atoms with Crippen molar-refractivity contribution in [3.63, 3.8) is 0 Å². The lowest BCUT2D eigenvalue weighted by Gasteiger charge is -2.34. The highest BCUT2D eigenvalue weighted by atomic mass is 79.9. The predicted molar refractivity (Wildman–Crippen MR) is 84.7 cm³/mol. The second-order valence-corrected chi connectivity index (χ2v) is 6.24. The summed E-state index contributed by atoms with van der Waals surface area (Å²) in [6, 6.07) is 0.357. The molecule has 0 N–H and O–H groups in total. The molecule has 1 amide bonds. The van der Waals surface area contributed by atoms with Crippen LogP contribution in [-0.4, -0.2) is 43.3 Å². The zero-order valence-electron chi connectivity index (χ0n) is 11.9. The molecule has 21 heavy (non-hydrogen) atoms. The van der Waals surface area contributed by atoms with E-state index in [2.05, 4.69) is 26.0 Å². The Morgan fingerprint density at radius 2 is 2.14 bits per heavy atom. The molecule has 5 nitrogen and oxygen atoms in total. The maximum absolute atomic E-state index is 12.9. The van der Waals surface area contributed by atoms with Crippen LogP contribution in [0.1, 0.15) is 42.5 Å². The summed E-state index contributed by atoms with van der Waals surface area (Å²) in [7, 11) is 0. The van der Waals surface area contributed by atoms with Crippen molar-refractivity contribution in [2.45, 2.75) is 38.1 Å². The van der Waals surface area contributed by atoms with Gasteiger partial charge in [-0.1, -0.05) is 35.2 Å². The first-order chi connectivity index (χ1) is 10.3. The van der Waals surface area contributed by atoms with E-state index in [1.165, 1.54) is 19.3 Å². The van der Waals surface area contributed by atoms with Gasteiger partial charge in [0, 0.05) is 30.3 Å². The number of halogens is 1. The molecule has 112 valence electrons. The molecule has 0 unspecified atom stereocenters. The SMILES string of the molecule is O=C(c1cnn2ccncc12)N(CCBr)C1CCCCC1. The molecule has 2 heterocycles. The van der Waals surface area contributed by atoms with Crippen LogP contribution < -0.4 is 0 Å². The van der Waals surface area contributed by atoms with Gasteiger partial charge < -0.3 is 4.90 Å². The van der Waals surface area contributed by atoms with Crippen LogP contribution in [0.5, 0.6) is 0 Å². The molecule has 0 atom stereocenters. The molecular weight excluding hydrogens is 332 g/mol. The Morgan fingerprint density at radius 1 is 1.33 bits per heavy atom. The Labute approximate surface area is 132 Å². The standard InChI is InChI=1S/C15H19BrN4O/c16-6-8-19(12-4-2-1-3-5-12)15(21)13-10-18-20-9-7-17-11-14(13)20/h7,9-12H,1-6,8H2. The van der Waals surface area contributed by atoms with E-state index in [1.807, 2.05) is 4.90 Å². The molecule has 1 fully saturated rings. The quantitative estimate of drug-likeness (QED) is 0.796. The van der Waals surface area contributed by atoms with Crippen LogP contribution in [-0.2, 0) is 0 Å². The topological polar surface area (TPSA) is 50.5 Å². The lowest BCUT2D eigenvalue weighted by Crippen LogP contribution is -2.42. The Kier molecular flexibility index (Phi) is 4.53. The molecule has 3 rings (SSSR count). The molecule has 0 aliphatic heterocycles. The van der Waals surface area contributed by atoms with Gasteiger partial charge in [0.1, 0.15) is 0 Å². The monoisotopic (exact) mass is 350 g/mol. The Balaban J connectivity index is 1.89. The second kappa shape index (κ2) is 6.56. The van der Waals surface area contributed by atoms with E-state index in [4.69, 9.17) is 0 Å². The molecule has 0 radical (unpaired) electrons. The summed E-state index contributed by atoms with van der Waals surface area (Å²) in [5.41, 5.74) is 1.42. The highest BCUT2D eigenvalue weighted by Crippen LogP contribution is 2.25. The van der Waals surface area contributed by atoms with Gasteiger partial charge >= 0.3 is 0 Å². The first-order valence-electron chi connectivity index (χ1n) is 7.45. The van der Waals surface area contributed by atoms with Gasteiger partial charge in [0.25, 0.3) is 5.91 Å². The minimum Gasteiger partial charge on any atom is -0.335 e. The van der Waals surface area contributed by atoms with Gasteiger partial charge in [0.2, 0.25) is 0 Å². The average Bonchev–Trinajstić information content (AvgIpc) is 2.97. The molecule has 0 spiro atoms. The fourth-order valence-corrected chi connectivity index (χ4v) is 3.47. The van der Waals surface area contributed by atoms with Crippen LogP contribution in [0.25, 0.3) is 5.52 Å². The molecule has 2 aromatic heterocycles. The molecule has 0 bridgehead atoms. The molecule has 6 heteroatoms. The van der Waals surface area contributed by atoms with Crippen molar-refractivity contribution < 1.29 is 4.79 Å². The van der Waals surface area contributed by atoms with Gasteiger partial charge in [0.15, 0.2) is 0 Å². The van der Waals surface area contributed by atoms with Crippen molar-refractivity contribution in [1.29, 1.82) is 0 Å². The van der Waals surface area contributed by atoms with Crippen molar-refractivity contribution in [3.05, 3.63) is 30.4 Å². The maximum atomic E-state index is 12.9.